The van der Waals surface area contributed by atoms with Crippen molar-refractivity contribution in [1.82, 2.24) is 10.2 Å². The highest BCUT2D eigenvalue weighted by atomic mass is 19.1. The highest BCUT2D eigenvalue weighted by Crippen LogP contribution is 2.42. The number of rotatable bonds is 4. The van der Waals surface area contributed by atoms with E-state index in [1.165, 1.54) is 6.07 Å². The number of ether oxygens (including phenoxy) is 2. The molecule has 2 amide bonds. The van der Waals surface area contributed by atoms with Crippen molar-refractivity contribution in [2.24, 2.45) is 5.92 Å². The summed E-state index contributed by atoms with van der Waals surface area (Å²) in [7, 11) is 0. The van der Waals surface area contributed by atoms with Gasteiger partial charge in [0.25, 0.3) is 0 Å². The van der Waals surface area contributed by atoms with E-state index >= 15 is 4.39 Å². The SMILES string of the molecule is CC(C)(C)OC(=O)N1[C@H](C(=O)N[C@H](C#N)Cc2cc3c(cc2F)-c2ccc(C#N)cc2CO3)C[C@@H]2CCC[C@@H]21. The van der Waals surface area contributed by atoms with Gasteiger partial charge in [0.1, 0.15) is 35.9 Å². The zero-order chi connectivity index (χ0) is 27.9. The Labute approximate surface area is 227 Å². The van der Waals surface area contributed by atoms with Crippen LogP contribution >= 0.6 is 0 Å². The predicted octanol–water partition coefficient (Wildman–Crippen LogP) is 4.99. The summed E-state index contributed by atoms with van der Waals surface area (Å²) in [4.78, 5) is 28.0. The van der Waals surface area contributed by atoms with Crippen LogP contribution < -0.4 is 10.1 Å². The summed E-state index contributed by atoms with van der Waals surface area (Å²) < 4.78 is 26.7. The summed E-state index contributed by atoms with van der Waals surface area (Å²) in [5, 5.41) is 21.7. The van der Waals surface area contributed by atoms with Gasteiger partial charge < -0.3 is 14.8 Å². The highest BCUT2D eigenvalue weighted by Gasteiger charge is 2.50. The fraction of sp³-hybridized carbons (Fsp3) is 0.467. The lowest BCUT2D eigenvalue weighted by Crippen LogP contribution is -2.52. The number of amides is 2. The third kappa shape index (κ3) is 5.27. The minimum absolute atomic E-state index is 0.0570. The smallest absolute Gasteiger partial charge is 0.411 e. The number of hydrogen-bond donors (Lipinski definition) is 1. The normalized spacial score (nSPS) is 21.9. The van der Waals surface area contributed by atoms with Crippen molar-refractivity contribution < 1.29 is 23.5 Å². The molecule has 8 nitrogen and oxygen atoms in total. The van der Waals surface area contributed by atoms with Gasteiger partial charge in [0.2, 0.25) is 5.91 Å². The zero-order valence-corrected chi connectivity index (χ0v) is 22.3. The van der Waals surface area contributed by atoms with Crippen molar-refractivity contribution in [3.8, 4) is 29.0 Å². The van der Waals surface area contributed by atoms with Gasteiger partial charge in [-0.15, -0.1) is 0 Å². The number of carbonyl (C=O) groups is 2. The lowest BCUT2D eigenvalue weighted by atomic mass is 9.93. The summed E-state index contributed by atoms with van der Waals surface area (Å²) in [5.41, 5.74) is 2.21. The lowest BCUT2D eigenvalue weighted by Gasteiger charge is -2.32. The first-order valence-electron chi connectivity index (χ1n) is 13.3. The van der Waals surface area contributed by atoms with Gasteiger partial charge in [-0.2, -0.15) is 10.5 Å². The van der Waals surface area contributed by atoms with Crippen LogP contribution in [0, 0.1) is 34.4 Å². The van der Waals surface area contributed by atoms with Crippen LogP contribution in [0.25, 0.3) is 11.1 Å². The Hall–Kier alpha value is -4.11. The van der Waals surface area contributed by atoms with E-state index in [9.17, 15) is 14.9 Å². The monoisotopic (exact) mass is 530 g/mol. The molecule has 202 valence electrons. The van der Waals surface area contributed by atoms with Gasteiger partial charge >= 0.3 is 6.09 Å². The lowest BCUT2D eigenvalue weighted by molar-refractivity contribution is -0.126. The number of halogens is 1. The molecule has 5 rings (SSSR count). The van der Waals surface area contributed by atoms with Gasteiger partial charge in [-0.3, -0.25) is 9.69 Å². The fourth-order valence-electron chi connectivity index (χ4n) is 6.00. The average molecular weight is 531 g/mol. The third-order valence-corrected chi connectivity index (χ3v) is 7.70. The molecule has 0 unspecified atom stereocenters. The van der Waals surface area contributed by atoms with Gasteiger partial charge in [-0.25, -0.2) is 9.18 Å². The van der Waals surface area contributed by atoms with Crippen LogP contribution in [0.4, 0.5) is 9.18 Å². The molecule has 2 aromatic rings. The molecule has 2 fully saturated rings. The number of carbonyl (C=O) groups excluding carboxylic acids is 2. The number of likely N-dealkylation sites (tertiary alicyclic amines) is 1. The summed E-state index contributed by atoms with van der Waals surface area (Å²) in [5.74, 6) is -0.254. The van der Waals surface area contributed by atoms with Crippen LogP contribution in [0.3, 0.4) is 0 Å². The minimum atomic E-state index is -1.000. The molecule has 0 spiro atoms. The van der Waals surface area contributed by atoms with Gasteiger partial charge in [-0.1, -0.05) is 12.5 Å². The van der Waals surface area contributed by atoms with E-state index in [-0.39, 0.29) is 30.6 Å². The Morgan fingerprint density at radius 2 is 2.00 bits per heavy atom. The number of nitriles is 2. The van der Waals surface area contributed by atoms with Crippen LogP contribution in [0.1, 0.15) is 63.1 Å². The molecular weight excluding hydrogens is 499 g/mol. The number of benzene rings is 2. The number of hydrogen-bond acceptors (Lipinski definition) is 6. The van der Waals surface area contributed by atoms with Crippen LogP contribution in [0.15, 0.2) is 30.3 Å². The first-order valence-corrected chi connectivity index (χ1v) is 13.3. The molecule has 1 saturated heterocycles. The van der Waals surface area contributed by atoms with Crippen LogP contribution in [0.2, 0.25) is 0 Å². The number of nitrogens with one attached hydrogen (secondary N) is 1. The molecule has 4 atom stereocenters. The Balaban J connectivity index is 1.32. The van der Waals surface area contributed by atoms with E-state index in [0.29, 0.717) is 23.3 Å². The second-order valence-electron chi connectivity index (χ2n) is 11.5. The van der Waals surface area contributed by atoms with Gasteiger partial charge in [0.15, 0.2) is 0 Å². The van der Waals surface area contributed by atoms with Crippen molar-refractivity contribution in [2.45, 2.75) is 83.2 Å². The molecular formula is C30H31FN4O4. The summed E-state index contributed by atoms with van der Waals surface area (Å²) >= 11 is 0. The van der Waals surface area contributed by atoms with E-state index < -0.39 is 35.5 Å². The molecule has 1 aliphatic carbocycles. The molecule has 0 aromatic heterocycles. The molecule has 0 radical (unpaired) electrons. The highest BCUT2D eigenvalue weighted by molar-refractivity contribution is 5.87. The Bertz CT molecular complexity index is 1400. The number of fused-ring (bicyclic) bond motifs is 4. The summed E-state index contributed by atoms with van der Waals surface area (Å²) in [6, 6.07) is 10.5. The quantitative estimate of drug-likeness (QED) is 0.596. The fourth-order valence-corrected chi connectivity index (χ4v) is 6.00. The van der Waals surface area contributed by atoms with E-state index in [4.69, 9.17) is 14.7 Å². The Morgan fingerprint density at radius 1 is 1.21 bits per heavy atom. The third-order valence-electron chi connectivity index (χ3n) is 7.70. The van der Waals surface area contributed by atoms with Crippen LogP contribution in [0.5, 0.6) is 5.75 Å². The van der Waals surface area contributed by atoms with E-state index in [1.54, 1.807) is 49.9 Å². The van der Waals surface area contributed by atoms with Crippen molar-refractivity contribution in [1.29, 1.82) is 10.5 Å². The average Bonchev–Trinajstić information content (AvgIpc) is 3.48. The molecule has 2 aromatic carbocycles. The standard InChI is InChI=1S/C30H31FN4O4/c1-30(2,3)39-29(37)35-25-6-4-5-18(25)11-26(35)28(36)34-21(15-33)10-19-12-27-23(13-24(19)31)22-8-7-17(14-32)9-20(22)16-38-27/h7-9,12-13,18,21,25-26H,4-6,10-11,16H2,1-3H3,(H,34,36)/t18-,21-,25-,26-/m0/s1. The van der Waals surface area contributed by atoms with Gasteiger partial charge in [0, 0.05) is 18.0 Å². The van der Waals surface area contributed by atoms with Crippen molar-refractivity contribution in [3.63, 3.8) is 0 Å². The van der Waals surface area contributed by atoms with Gasteiger partial charge in [0.05, 0.1) is 17.7 Å². The zero-order valence-electron chi connectivity index (χ0n) is 22.3. The first kappa shape index (κ1) is 26.5. The van der Waals surface area contributed by atoms with E-state index in [1.807, 2.05) is 0 Å². The molecule has 2 heterocycles. The molecule has 0 bridgehead atoms. The van der Waals surface area contributed by atoms with Crippen molar-refractivity contribution in [3.05, 3.63) is 52.8 Å². The van der Waals surface area contributed by atoms with Gasteiger partial charge in [-0.05, 0) is 86.9 Å². The molecule has 3 aliphatic rings. The largest absolute Gasteiger partial charge is 0.488 e. The molecule has 9 heteroatoms. The van der Waals surface area contributed by atoms with E-state index in [2.05, 4.69) is 17.5 Å². The molecule has 39 heavy (non-hydrogen) atoms. The predicted molar refractivity (Wildman–Crippen MR) is 140 cm³/mol. The molecule has 1 N–H and O–H groups in total. The van der Waals surface area contributed by atoms with E-state index in [0.717, 1.165) is 30.4 Å². The number of nitrogens with zero attached hydrogens (tertiary/aromatic N) is 3. The second kappa shape index (κ2) is 10.2. The van der Waals surface area contributed by atoms with Crippen LogP contribution in [-0.4, -0.2) is 40.6 Å². The van der Waals surface area contributed by atoms with Crippen molar-refractivity contribution in [2.75, 3.05) is 0 Å². The first-order chi connectivity index (χ1) is 18.6. The maximum Gasteiger partial charge on any atom is 0.411 e. The Morgan fingerprint density at radius 3 is 2.72 bits per heavy atom. The van der Waals surface area contributed by atoms with Crippen LogP contribution in [-0.2, 0) is 22.6 Å². The molecule has 1 saturated carbocycles. The maximum absolute atomic E-state index is 15.2. The minimum Gasteiger partial charge on any atom is -0.488 e. The summed E-state index contributed by atoms with van der Waals surface area (Å²) in [6.45, 7) is 5.60. The maximum atomic E-state index is 15.2. The van der Waals surface area contributed by atoms with Crippen molar-refractivity contribution >= 4 is 12.0 Å². The second-order valence-corrected chi connectivity index (χ2v) is 11.5. The topological polar surface area (TPSA) is 115 Å². The Kier molecular flexibility index (Phi) is 6.94. The molecule has 2 aliphatic heterocycles. The summed E-state index contributed by atoms with van der Waals surface area (Å²) in [6.07, 6.45) is 2.69.